The Labute approximate surface area is 182 Å². The molecule has 1 amide bonds. The Morgan fingerprint density at radius 2 is 1.91 bits per heavy atom. The van der Waals surface area contributed by atoms with Crippen LogP contribution in [-0.2, 0) is 0 Å². The number of carbonyl (C=O) groups is 1. The summed E-state index contributed by atoms with van der Waals surface area (Å²) < 4.78 is 28.5. The summed E-state index contributed by atoms with van der Waals surface area (Å²) in [5.74, 6) is -0.0104. The lowest BCUT2D eigenvalue weighted by molar-refractivity contribution is 0.0553. The van der Waals surface area contributed by atoms with Crippen molar-refractivity contribution in [3.05, 3.63) is 65.9 Å². The van der Waals surface area contributed by atoms with Gasteiger partial charge in [-0.2, -0.15) is 10.1 Å². The Morgan fingerprint density at radius 1 is 1.06 bits per heavy atom. The van der Waals surface area contributed by atoms with Crippen LogP contribution in [0.25, 0.3) is 16.7 Å². The molecule has 2 aliphatic rings. The van der Waals surface area contributed by atoms with Crippen LogP contribution in [0, 0.1) is 0 Å². The minimum Gasteiger partial charge on any atom is -0.332 e. The maximum Gasteiger partial charge on any atom is 0.280 e. The maximum atomic E-state index is 13.6. The summed E-state index contributed by atoms with van der Waals surface area (Å²) in [4.78, 5) is 27.9. The number of halogens is 2. The van der Waals surface area contributed by atoms with Crippen molar-refractivity contribution in [1.82, 2.24) is 29.5 Å². The van der Waals surface area contributed by atoms with Gasteiger partial charge in [0, 0.05) is 29.6 Å². The highest BCUT2D eigenvalue weighted by Gasteiger charge is 2.46. The Balaban J connectivity index is 1.39. The molecule has 2 bridgehead atoms. The first-order chi connectivity index (χ1) is 15.6. The number of benzene rings is 1. The van der Waals surface area contributed by atoms with Gasteiger partial charge in [0.2, 0.25) is 0 Å². The normalized spacial score (nSPS) is 22.8. The average molecular weight is 434 g/mol. The number of hydrogen-bond acceptors (Lipinski definition) is 5. The van der Waals surface area contributed by atoms with Gasteiger partial charge in [0.15, 0.2) is 0 Å². The molecule has 0 unspecified atom stereocenters. The van der Waals surface area contributed by atoms with Crippen molar-refractivity contribution in [2.24, 2.45) is 0 Å². The third-order valence-corrected chi connectivity index (χ3v) is 6.80. The fourth-order valence-electron chi connectivity index (χ4n) is 5.38. The molecule has 3 aromatic heterocycles. The highest BCUT2D eigenvalue weighted by atomic mass is 19.3. The minimum absolute atomic E-state index is 0.0570. The van der Waals surface area contributed by atoms with Gasteiger partial charge in [-0.25, -0.2) is 18.3 Å². The number of carbonyl (C=O) groups excluding carboxylic acids is 1. The van der Waals surface area contributed by atoms with Gasteiger partial charge in [-0.1, -0.05) is 18.2 Å². The zero-order valence-electron chi connectivity index (χ0n) is 17.1. The van der Waals surface area contributed by atoms with Gasteiger partial charge in [0.1, 0.15) is 12.0 Å². The van der Waals surface area contributed by atoms with Crippen LogP contribution in [-0.4, -0.2) is 47.5 Å². The minimum atomic E-state index is -2.70. The van der Waals surface area contributed by atoms with Crippen molar-refractivity contribution in [3.63, 3.8) is 0 Å². The number of piperidine rings is 1. The monoisotopic (exact) mass is 434 g/mol. The standard InChI is InChI=1S/C23H20F2N6O/c24-21(25)18-10-20(31-23(29-18)27-12-28-31)16-7-5-15-6-8-19(16)30(15)22(32)14-9-13-3-1-2-4-17(13)26-11-14/h1-4,9-12,15-16,19,21H,5-8H2/t15-,16-,19-/m0/s1. The molecule has 2 saturated heterocycles. The van der Waals surface area contributed by atoms with Crippen LogP contribution >= 0.6 is 0 Å². The van der Waals surface area contributed by atoms with E-state index in [1.807, 2.05) is 35.2 Å². The van der Waals surface area contributed by atoms with E-state index in [1.54, 1.807) is 6.20 Å². The van der Waals surface area contributed by atoms with Gasteiger partial charge in [-0.05, 0) is 43.9 Å². The lowest BCUT2D eigenvalue weighted by atomic mass is 9.86. The molecule has 4 aromatic rings. The number of pyridine rings is 1. The summed E-state index contributed by atoms with van der Waals surface area (Å²) >= 11 is 0. The number of nitrogens with zero attached hydrogens (tertiary/aromatic N) is 6. The molecular weight excluding hydrogens is 414 g/mol. The van der Waals surface area contributed by atoms with E-state index < -0.39 is 6.43 Å². The molecule has 0 aliphatic carbocycles. The van der Waals surface area contributed by atoms with Crippen molar-refractivity contribution < 1.29 is 13.6 Å². The molecule has 1 aromatic carbocycles. The van der Waals surface area contributed by atoms with Gasteiger partial charge >= 0.3 is 0 Å². The first-order valence-corrected chi connectivity index (χ1v) is 10.8. The van der Waals surface area contributed by atoms with E-state index in [-0.39, 0.29) is 35.4 Å². The van der Waals surface area contributed by atoms with E-state index in [0.717, 1.165) is 36.6 Å². The number of amides is 1. The number of alkyl halides is 2. The molecule has 162 valence electrons. The van der Waals surface area contributed by atoms with E-state index in [0.29, 0.717) is 11.3 Å². The molecule has 2 aliphatic heterocycles. The summed E-state index contributed by atoms with van der Waals surface area (Å²) in [7, 11) is 0. The quantitative estimate of drug-likeness (QED) is 0.484. The van der Waals surface area contributed by atoms with E-state index in [9.17, 15) is 13.6 Å². The fourth-order valence-corrected chi connectivity index (χ4v) is 5.38. The molecule has 6 rings (SSSR count). The second kappa shape index (κ2) is 7.29. The molecule has 2 fully saturated rings. The zero-order valence-corrected chi connectivity index (χ0v) is 17.1. The molecule has 9 heteroatoms. The fraction of sp³-hybridized carbons (Fsp3) is 0.348. The van der Waals surface area contributed by atoms with Crippen LogP contribution in [0.4, 0.5) is 8.78 Å². The van der Waals surface area contributed by atoms with Gasteiger partial charge in [0.05, 0.1) is 16.8 Å². The van der Waals surface area contributed by atoms with E-state index in [1.165, 1.54) is 16.9 Å². The predicted octanol–water partition coefficient (Wildman–Crippen LogP) is 4.16. The molecule has 5 heterocycles. The molecule has 32 heavy (non-hydrogen) atoms. The Bertz CT molecular complexity index is 1340. The lowest BCUT2D eigenvalue weighted by Gasteiger charge is -2.40. The van der Waals surface area contributed by atoms with Crippen molar-refractivity contribution in [2.45, 2.75) is 50.1 Å². The number of fused-ring (bicyclic) bond motifs is 4. The zero-order chi connectivity index (χ0) is 21.8. The van der Waals surface area contributed by atoms with E-state index in [4.69, 9.17) is 0 Å². The second-order valence-electron chi connectivity index (χ2n) is 8.49. The van der Waals surface area contributed by atoms with Crippen LogP contribution in [0.2, 0.25) is 0 Å². The van der Waals surface area contributed by atoms with Crippen LogP contribution in [0.5, 0.6) is 0 Å². The summed E-state index contributed by atoms with van der Waals surface area (Å²) in [6.45, 7) is 0. The molecule has 3 atom stereocenters. The number of rotatable bonds is 3. The van der Waals surface area contributed by atoms with Crippen LogP contribution in [0.15, 0.2) is 48.9 Å². The molecular formula is C23H20F2N6O. The summed E-state index contributed by atoms with van der Waals surface area (Å²) in [6, 6.07) is 11.1. The van der Waals surface area contributed by atoms with Crippen LogP contribution in [0.1, 0.15) is 59.8 Å². The molecule has 0 spiro atoms. The van der Waals surface area contributed by atoms with Gasteiger partial charge in [0.25, 0.3) is 18.1 Å². The topological polar surface area (TPSA) is 76.3 Å². The van der Waals surface area contributed by atoms with Crippen LogP contribution in [0.3, 0.4) is 0 Å². The third kappa shape index (κ3) is 2.95. The Hall–Kier alpha value is -3.49. The van der Waals surface area contributed by atoms with Crippen molar-refractivity contribution in [1.29, 1.82) is 0 Å². The van der Waals surface area contributed by atoms with E-state index >= 15 is 0 Å². The number of para-hydroxylation sites is 1. The van der Waals surface area contributed by atoms with Gasteiger partial charge < -0.3 is 4.90 Å². The van der Waals surface area contributed by atoms with Gasteiger partial charge in [-0.3, -0.25) is 9.78 Å². The van der Waals surface area contributed by atoms with Crippen molar-refractivity contribution >= 4 is 22.6 Å². The van der Waals surface area contributed by atoms with E-state index in [2.05, 4.69) is 20.1 Å². The van der Waals surface area contributed by atoms with Gasteiger partial charge in [-0.15, -0.1) is 0 Å². The highest BCUT2D eigenvalue weighted by molar-refractivity contribution is 5.98. The highest BCUT2D eigenvalue weighted by Crippen LogP contribution is 2.45. The first kappa shape index (κ1) is 19.2. The molecule has 7 nitrogen and oxygen atoms in total. The Kier molecular flexibility index (Phi) is 4.38. The number of aromatic nitrogens is 5. The summed E-state index contributed by atoms with van der Waals surface area (Å²) in [5.41, 5.74) is 1.73. The lowest BCUT2D eigenvalue weighted by Crippen LogP contribution is -2.47. The predicted molar refractivity (Wildman–Crippen MR) is 112 cm³/mol. The largest absolute Gasteiger partial charge is 0.332 e. The molecule has 0 N–H and O–H groups in total. The van der Waals surface area contributed by atoms with Crippen LogP contribution < -0.4 is 0 Å². The summed E-state index contributed by atoms with van der Waals surface area (Å²) in [5, 5.41) is 5.14. The summed E-state index contributed by atoms with van der Waals surface area (Å²) in [6.07, 6.45) is 3.60. The Morgan fingerprint density at radius 3 is 2.78 bits per heavy atom. The molecule has 0 radical (unpaired) electrons. The maximum absolute atomic E-state index is 13.6. The van der Waals surface area contributed by atoms with Crippen molar-refractivity contribution in [2.75, 3.05) is 0 Å². The average Bonchev–Trinajstić information content (AvgIpc) is 3.40. The molecule has 0 saturated carbocycles. The first-order valence-electron chi connectivity index (χ1n) is 10.8. The smallest absolute Gasteiger partial charge is 0.280 e. The number of hydrogen-bond donors (Lipinski definition) is 0. The SMILES string of the molecule is O=C(c1cnc2ccccc2c1)N1[C@H]2CC[C@H](c3cc(C(F)F)nc4ncnn34)[C@@H]1CC2. The second-order valence-corrected chi connectivity index (χ2v) is 8.49. The van der Waals surface area contributed by atoms with Crippen molar-refractivity contribution in [3.8, 4) is 0 Å². The third-order valence-electron chi connectivity index (χ3n) is 6.80.